The zero-order valence-corrected chi connectivity index (χ0v) is 17.8. The van der Waals surface area contributed by atoms with E-state index in [-0.39, 0.29) is 26.9 Å². The van der Waals surface area contributed by atoms with Crippen LogP contribution in [0.3, 0.4) is 0 Å². The van der Waals surface area contributed by atoms with Gasteiger partial charge in [-0.25, -0.2) is 13.4 Å². The number of alkyl halides is 1. The van der Waals surface area contributed by atoms with Gasteiger partial charge in [-0.05, 0) is 31.2 Å². The van der Waals surface area contributed by atoms with E-state index in [1.807, 2.05) is 0 Å². The molecule has 0 saturated heterocycles. The molecule has 1 N–H and O–H groups in total. The highest BCUT2D eigenvalue weighted by Crippen LogP contribution is 2.27. The van der Waals surface area contributed by atoms with Crippen molar-refractivity contribution in [3.8, 4) is 0 Å². The molecule has 1 aliphatic rings. The van der Waals surface area contributed by atoms with Gasteiger partial charge in [-0.15, -0.1) is 21.8 Å². The predicted molar refractivity (Wildman–Crippen MR) is 114 cm³/mol. The smallest absolute Gasteiger partial charge is 0.263 e. The largest absolute Gasteiger partial charge is 0.292 e. The molecule has 4 rings (SSSR count). The quantitative estimate of drug-likeness (QED) is 0.596. The van der Waals surface area contributed by atoms with E-state index in [4.69, 9.17) is 11.6 Å². The van der Waals surface area contributed by atoms with E-state index in [1.54, 1.807) is 31.2 Å². The summed E-state index contributed by atoms with van der Waals surface area (Å²) in [4.78, 5) is 29.4. The summed E-state index contributed by atoms with van der Waals surface area (Å²) in [5.74, 6) is -0.837. The summed E-state index contributed by atoms with van der Waals surface area (Å²) in [6.07, 6.45) is 0. The number of Topliss-reactive ketones (excluding diaryl/α,β-unsaturated/α-hetero) is 2. The maximum Gasteiger partial charge on any atom is 0.263 e. The number of ketones is 2. The molecule has 8 nitrogen and oxygen atoms in total. The molecular formula is C19H13ClN4O4S2. The van der Waals surface area contributed by atoms with Gasteiger partial charge in [0.25, 0.3) is 10.0 Å². The van der Waals surface area contributed by atoms with Crippen LogP contribution in [0.25, 0.3) is 0 Å². The highest BCUT2D eigenvalue weighted by atomic mass is 35.5. The van der Waals surface area contributed by atoms with Crippen molar-refractivity contribution >= 4 is 61.1 Å². The lowest BCUT2D eigenvalue weighted by atomic mass is 9.88. The van der Waals surface area contributed by atoms with Crippen LogP contribution in [0.15, 0.2) is 58.4 Å². The van der Waals surface area contributed by atoms with E-state index >= 15 is 0 Å². The van der Waals surface area contributed by atoms with Crippen molar-refractivity contribution in [1.82, 2.24) is 10.2 Å². The first-order valence-electron chi connectivity index (χ1n) is 8.60. The number of aliphatic imine (C=N–C) groups is 1. The molecule has 0 amide bonds. The van der Waals surface area contributed by atoms with Crippen molar-refractivity contribution in [1.29, 1.82) is 0 Å². The third-order valence-corrected chi connectivity index (χ3v) is 6.93. The topological polar surface area (TPSA) is 118 Å². The number of carbonyl (C=O) groups excluding carboxylic acids is 2. The molecule has 11 heteroatoms. The third-order valence-electron chi connectivity index (χ3n) is 4.28. The van der Waals surface area contributed by atoms with E-state index in [0.29, 0.717) is 10.7 Å². The minimum absolute atomic E-state index is 0.0156. The lowest BCUT2D eigenvalue weighted by molar-refractivity contribution is 0.0968. The first-order chi connectivity index (χ1) is 14.3. The van der Waals surface area contributed by atoms with Crippen LogP contribution in [-0.4, -0.2) is 41.3 Å². The summed E-state index contributed by atoms with van der Waals surface area (Å²) in [5.41, 5.74) is 0.704. The second kappa shape index (κ2) is 7.71. The van der Waals surface area contributed by atoms with Crippen LogP contribution in [0.2, 0.25) is 0 Å². The van der Waals surface area contributed by atoms with Crippen LogP contribution in [0.1, 0.15) is 25.7 Å². The summed E-state index contributed by atoms with van der Waals surface area (Å²) in [6, 6.07) is 11.9. The second-order valence-corrected chi connectivity index (χ2v) is 9.62. The number of carbonyl (C=O) groups is 2. The molecule has 152 valence electrons. The lowest BCUT2D eigenvalue weighted by Crippen LogP contribution is -2.37. The Morgan fingerprint density at radius 1 is 1.03 bits per heavy atom. The van der Waals surface area contributed by atoms with Crippen LogP contribution in [0, 0.1) is 6.92 Å². The Morgan fingerprint density at radius 3 is 2.33 bits per heavy atom. The molecule has 0 bridgehead atoms. The fraction of sp³-hybridized carbons (Fsp3) is 0.105. The van der Waals surface area contributed by atoms with Gasteiger partial charge < -0.3 is 0 Å². The van der Waals surface area contributed by atoms with Gasteiger partial charge in [-0.3, -0.25) is 14.3 Å². The van der Waals surface area contributed by atoms with Crippen molar-refractivity contribution < 1.29 is 18.0 Å². The number of nitrogens with one attached hydrogen (secondary N) is 1. The van der Waals surface area contributed by atoms with Gasteiger partial charge in [0, 0.05) is 11.1 Å². The average molecular weight is 461 g/mol. The zero-order valence-electron chi connectivity index (χ0n) is 15.4. The molecule has 3 aromatic rings. The summed E-state index contributed by atoms with van der Waals surface area (Å²) in [5, 5.41) is 7.07. The predicted octanol–water partition coefficient (Wildman–Crippen LogP) is 3.41. The van der Waals surface area contributed by atoms with Crippen LogP contribution < -0.4 is 4.72 Å². The van der Waals surface area contributed by atoms with Crippen LogP contribution in [0.5, 0.6) is 0 Å². The Morgan fingerprint density at radius 2 is 1.70 bits per heavy atom. The molecule has 1 aromatic heterocycles. The van der Waals surface area contributed by atoms with Gasteiger partial charge >= 0.3 is 0 Å². The molecule has 2 aromatic carbocycles. The molecule has 0 radical (unpaired) electrons. The van der Waals surface area contributed by atoms with Gasteiger partial charge in [0.1, 0.15) is 16.1 Å². The summed E-state index contributed by atoms with van der Waals surface area (Å²) in [7, 11) is -3.86. The number of sulfonamides is 1. The minimum atomic E-state index is -3.86. The van der Waals surface area contributed by atoms with Crippen molar-refractivity contribution in [3.05, 3.63) is 64.7 Å². The number of fused-ring (bicyclic) bond motifs is 1. The Balaban J connectivity index is 1.62. The molecule has 1 atom stereocenters. The van der Waals surface area contributed by atoms with Crippen LogP contribution in [0.4, 0.5) is 10.8 Å². The first-order valence-corrected chi connectivity index (χ1v) is 11.3. The second-order valence-electron chi connectivity index (χ2n) is 6.32. The first kappa shape index (κ1) is 20.3. The molecule has 1 aliphatic carbocycles. The number of halogens is 1. The Kier molecular flexibility index (Phi) is 5.22. The van der Waals surface area contributed by atoms with Gasteiger partial charge in [-0.2, -0.15) is 0 Å². The van der Waals surface area contributed by atoms with Crippen LogP contribution in [-0.2, 0) is 10.0 Å². The fourth-order valence-electron chi connectivity index (χ4n) is 2.87. The third kappa shape index (κ3) is 3.76. The fourth-order valence-corrected chi connectivity index (χ4v) is 4.96. The summed E-state index contributed by atoms with van der Waals surface area (Å²) < 4.78 is 27.3. The maximum absolute atomic E-state index is 12.7. The number of rotatable bonds is 4. The number of hydrogen-bond acceptors (Lipinski definition) is 8. The SMILES string of the molecule is Cc1nnc(NS(=O)(=O)c2ccc(N=C3C(=O)c4ccccc4C(=O)C3Cl)cc2)s1. The van der Waals surface area contributed by atoms with Crippen molar-refractivity contribution in [2.45, 2.75) is 17.2 Å². The number of anilines is 1. The number of nitrogens with zero attached hydrogens (tertiary/aromatic N) is 3. The molecule has 1 unspecified atom stereocenters. The van der Waals surface area contributed by atoms with Crippen molar-refractivity contribution in [2.75, 3.05) is 4.72 Å². The zero-order chi connectivity index (χ0) is 21.5. The summed E-state index contributed by atoms with van der Waals surface area (Å²) >= 11 is 7.30. The summed E-state index contributed by atoms with van der Waals surface area (Å²) in [6.45, 7) is 1.71. The molecular weight excluding hydrogens is 448 g/mol. The standard InChI is InChI=1S/C19H13ClN4O4S2/c1-10-22-23-19(29-10)24-30(27,28)12-8-6-11(7-9-12)21-16-15(20)17(25)13-4-2-3-5-14(13)18(16)26/h2-9,15H,1H3,(H,23,24). The molecule has 0 aliphatic heterocycles. The molecule has 1 heterocycles. The Hall–Kier alpha value is -2.95. The van der Waals surface area contributed by atoms with E-state index in [2.05, 4.69) is 19.9 Å². The molecule has 0 fully saturated rings. The number of aryl methyl sites for hydroxylation is 1. The van der Waals surface area contributed by atoms with Gasteiger partial charge in [-0.1, -0.05) is 35.6 Å². The van der Waals surface area contributed by atoms with E-state index in [9.17, 15) is 18.0 Å². The molecule has 0 saturated carbocycles. The number of benzene rings is 2. The maximum atomic E-state index is 12.7. The lowest BCUT2D eigenvalue weighted by Gasteiger charge is -2.19. The minimum Gasteiger partial charge on any atom is -0.292 e. The number of aromatic nitrogens is 2. The normalized spacial score (nSPS) is 17.8. The molecule has 30 heavy (non-hydrogen) atoms. The van der Waals surface area contributed by atoms with Crippen molar-refractivity contribution in [2.24, 2.45) is 4.99 Å². The van der Waals surface area contributed by atoms with E-state index in [1.165, 1.54) is 24.3 Å². The molecule has 0 spiro atoms. The van der Waals surface area contributed by atoms with Gasteiger partial charge in [0.15, 0.2) is 5.78 Å². The average Bonchev–Trinajstić information content (AvgIpc) is 3.13. The Labute approximate surface area is 180 Å². The van der Waals surface area contributed by atoms with E-state index in [0.717, 1.165) is 11.3 Å². The van der Waals surface area contributed by atoms with Crippen LogP contribution >= 0.6 is 22.9 Å². The Bertz CT molecular complexity index is 1300. The van der Waals surface area contributed by atoms with Gasteiger partial charge in [0.2, 0.25) is 10.9 Å². The highest BCUT2D eigenvalue weighted by molar-refractivity contribution is 7.93. The monoisotopic (exact) mass is 460 g/mol. The van der Waals surface area contributed by atoms with Crippen molar-refractivity contribution in [3.63, 3.8) is 0 Å². The van der Waals surface area contributed by atoms with Gasteiger partial charge in [0.05, 0.1) is 10.6 Å². The number of hydrogen-bond donors (Lipinski definition) is 1. The highest BCUT2D eigenvalue weighted by Gasteiger charge is 2.37. The van der Waals surface area contributed by atoms with E-state index < -0.39 is 27.0 Å².